The lowest BCUT2D eigenvalue weighted by molar-refractivity contribution is 0.335. The van der Waals surface area contributed by atoms with E-state index in [-0.39, 0.29) is 0 Å². The average Bonchev–Trinajstić information content (AvgIpc) is 2.70. The van der Waals surface area contributed by atoms with E-state index in [0.717, 1.165) is 34.5 Å². The van der Waals surface area contributed by atoms with Crippen LogP contribution in [-0.4, -0.2) is 18.7 Å². The maximum absolute atomic E-state index is 5.68. The summed E-state index contributed by atoms with van der Waals surface area (Å²) in [6.07, 6.45) is 1.85. The standard InChI is InChI=1S/C22H24N2O2/c1-3-26-21-12-8-7-11-18(21)14-23-15-20-13-19(16-24-22(20)25-2)17-9-5-4-6-10-17/h4-13,16,23H,3,14-15H2,1-2H3. The molecule has 1 heterocycles. The predicted octanol–water partition coefficient (Wildman–Crippen LogP) is 4.45. The molecule has 0 fully saturated rings. The molecular weight excluding hydrogens is 324 g/mol. The molecule has 26 heavy (non-hydrogen) atoms. The quantitative estimate of drug-likeness (QED) is 0.653. The van der Waals surface area contributed by atoms with Gasteiger partial charge in [0, 0.05) is 36.0 Å². The van der Waals surface area contributed by atoms with Gasteiger partial charge in [0.25, 0.3) is 0 Å². The number of hydrogen-bond acceptors (Lipinski definition) is 4. The first-order valence-electron chi connectivity index (χ1n) is 8.81. The fourth-order valence-corrected chi connectivity index (χ4v) is 2.87. The summed E-state index contributed by atoms with van der Waals surface area (Å²) >= 11 is 0. The molecule has 0 atom stereocenters. The van der Waals surface area contributed by atoms with E-state index in [4.69, 9.17) is 9.47 Å². The summed E-state index contributed by atoms with van der Waals surface area (Å²) in [7, 11) is 1.65. The molecule has 1 aromatic heterocycles. The van der Waals surface area contributed by atoms with Crippen molar-refractivity contribution in [1.82, 2.24) is 10.3 Å². The molecule has 3 rings (SSSR count). The number of aromatic nitrogens is 1. The second-order valence-electron chi connectivity index (χ2n) is 5.90. The van der Waals surface area contributed by atoms with Crippen LogP contribution in [0.1, 0.15) is 18.1 Å². The maximum Gasteiger partial charge on any atom is 0.217 e. The van der Waals surface area contributed by atoms with E-state index < -0.39 is 0 Å². The van der Waals surface area contributed by atoms with Crippen molar-refractivity contribution in [3.8, 4) is 22.8 Å². The van der Waals surface area contributed by atoms with E-state index in [1.54, 1.807) is 7.11 Å². The van der Waals surface area contributed by atoms with Gasteiger partial charge in [0.1, 0.15) is 5.75 Å². The van der Waals surface area contributed by atoms with Crippen LogP contribution in [0.5, 0.6) is 11.6 Å². The van der Waals surface area contributed by atoms with Crippen molar-refractivity contribution in [2.45, 2.75) is 20.0 Å². The van der Waals surface area contributed by atoms with Gasteiger partial charge in [-0.1, -0.05) is 48.5 Å². The monoisotopic (exact) mass is 348 g/mol. The molecule has 4 nitrogen and oxygen atoms in total. The van der Waals surface area contributed by atoms with Gasteiger partial charge in [-0.15, -0.1) is 0 Å². The largest absolute Gasteiger partial charge is 0.494 e. The van der Waals surface area contributed by atoms with Crippen molar-refractivity contribution in [3.63, 3.8) is 0 Å². The van der Waals surface area contributed by atoms with Gasteiger partial charge in [0.05, 0.1) is 13.7 Å². The summed E-state index contributed by atoms with van der Waals surface area (Å²) in [6.45, 7) is 4.04. The zero-order chi connectivity index (χ0) is 18.2. The van der Waals surface area contributed by atoms with Crippen LogP contribution in [-0.2, 0) is 13.1 Å². The molecule has 0 spiro atoms. The lowest BCUT2D eigenvalue weighted by atomic mass is 10.1. The first kappa shape index (κ1) is 18.0. The van der Waals surface area contributed by atoms with E-state index in [9.17, 15) is 0 Å². The van der Waals surface area contributed by atoms with Gasteiger partial charge in [-0.2, -0.15) is 0 Å². The number of ether oxygens (including phenoxy) is 2. The Bertz CT molecular complexity index is 835. The summed E-state index contributed by atoms with van der Waals surface area (Å²) in [4.78, 5) is 4.46. The number of pyridine rings is 1. The smallest absolute Gasteiger partial charge is 0.217 e. The molecule has 0 bridgehead atoms. The maximum atomic E-state index is 5.68. The second kappa shape index (κ2) is 9.02. The van der Waals surface area contributed by atoms with Gasteiger partial charge in [-0.3, -0.25) is 0 Å². The zero-order valence-electron chi connectivity index (χ0n) is 15.2. The third-order valence-corrected chi connectivity index (χ3v) is 4.13. The van der Waals surface area contributed by atoms with E-state index in [0.29, 0.717) is 19.0 Å². The number of hydrogen-bond donors (Lipinski definition) is 1. The van der Waals surface area contributed by atoms with Crippen LogP contribution in [0.3, 0.4) is 0 Å². The Morgan fingerprint density at radius 2 is 1.62 bits per heavy atom. The van der Waals surface area contributed by atoms with Crippen LogP contribution in [0.25, 0.3) is 11.1 Å². The zero-order valence-corrected chi connectivity index (χ0v) is 15.2. The normalized spacial score (nSPS) is 10.5. The molecule has 3 aromatic rings. The topological polar surface area (TPSA) is 43.4 Å². The molecule has 134 valence electrons. The molecular formula is C22H24N2O2. The molecule has 0 radical (unpaired) electrons. The first-order chi connectivity index (χ1) is 12.8. The molecule has 0 unspecified atom stereocenters. The van der Waals surface area contributed by atoms with Crippen LogP contribution >= 0.6 is 0 Å². The Kier molecular flexibility index (Phi) is 6.23. The number of rotatable bonds is 8. The fourth-order valence-electron chi connectivity index (χ4n) is 2.87. The van der Waals surface area contributed by atoms with Gasteiger partial charge in [0.2, 0.25) is 5.88 Å². The summed E-state index contributed by atoms with van der Waals surface area (Å²) in [5, 5.41) is 3.47. The number of nitrogens with zero attached hydrogens (tertiary/aromatic N) is 1. The molecule has 0 saturated heterocycles. The number of benzene rings is 2. The van der Waals surface area contributed by atoms with Crippen molar-refractivity contribution >= 4 is 0 Å². The third-order valence-electron chi connectivity index (χ3n) is 4.13. The summed E-state index contributed by atoms with van der Waals surface area (Å²) < 4.78 is 11.1. The number of nitrogens with one attached hydrogen (secondary N) is 1. The van der Waals surface area contributed by atoms with Gasteiger partial charge in [-0.25, -0.2) is 4.98 Å². The fraction of sp³-hybridized carbons (Fsp3) is 0.227. The van der Waals surface area contributed by atoms with E-state index >= 15 is 0 Å². The lowest BCUT2D eigenvalue weighted by Gasteiger charge is -2.13. The molecule has 0 aliphatic rings. The molecule has 1 N–H and O–H groups in total. The van der Waals surface area contributed by atoms with Crippen LogP contribution in [0, 0.1) is 0 Å². The van der Waals surface area contributed by atoms with Crippen LogP contribution < -0.4 is 14.8 Å². The van der Waals surface area contributed by atoms with Crippen molar-refractivity contribution < 1.29 is 9.47 Å². The molecule has 2 aromatic carbocycles. The Labute approximate surface area is 154 Å². The van der Waals surface area contributed by atoms with Crippen molar-refractivity contribution in [2.24, 2.45) is 0 Å². The Balaban J connectivity index is 1.73. The Hall–Kier alpha value is -2.85. The van der Waals surface area contributed by atoms with Crippen molar-refractivity contribution in [1.29, 1.82) is 0 Å². The Morgan fingerprint density at radius 1 is 0.885 bits per heavy atom. The highest BCUT2D eigenvalue weighted by molar-refractivity contribution is 5.63. The van der Waals surface area contributed by atoms with Gasteiger partial charge >= 0.3 is 0 Å². The van der Waals surface area contributed by atoms with E-state index in [2.05, 4.69) is 34.6 Å². The van der Waals surface area contributed by atoms with Gasteiger partial charge < -0.3 is 14.8 Å². The SMILES string of the molecule is CCOc1ccccc1CNCc1cc(-c2ccccc2)cnc1OC. The second-order valence-corrected chi connectivity index (χ2v) is 5.90. The van der Waals surface area contributed by atoms with Gasteiger partial charge in [-0.05, 0) is 24.6 Å². The molecule has 0 amide bonds. The molecule has 0 aliphatic carbocycles. The molecule has 4 heteroatoms. The minimum Gasteiger partial charge on any atom is -0.494 e. The van der Waals surface area contributed by atoms with E-state index in [1.165, 1.54) is 0 Å². The summed E-state index contributed by atoms with van der Waals surface area (Å²) in [5.41, 5.74) is 4.40. The molecule has 0 saturated carbocycles. The summed E-state index contributed by atoms with van der Waals surface area (Å²) in [6, 6.07) is 20.5. The highest BCUT2D eigenvalue weighted by Gasteiger charge is 2.08. The summed E-state index contributed by atoms with van der Waals surface area (Å²) in [5.74, 6) is 1.57. The van der Waals surface area contributed by atoms with Crippen LogP contribution in [0.2, 0.25) is 0 Å². The van der Waals surface area contributed by atoms with E-state index in [1.807, 2.05) is 49.5 Å². The van der Waals surface area contributed by atoms with Gasteiger partial charge in [0.15, 0.2) is 0 Å². The van der Waals surface area contributed by atoms with Crippen LogP contribution in [0.4, 0.5) is 0 Å². The van der Waals surface area contributed by atoms with Crippen LogP contribution in [0.15, 0.2) is 66.9 Å². The predicted molar refractivity (Wildman–Crippen MR) is 104 cm³/mol. The Morgan fingerprint density at radius 3 is 2.38 bits per heavy atom. The highest BCUT2D eigenvalue weighted by Crippen LogP contribution is 2.24. The number of methoxy groups -OCH3 is 1. The highest BCUT2D eigenvalue weighted by atomic mass is 16.5. The minimum absolute atomic E-state index is 0.648. The average molecular weight is 348 g/mol. The number of para-hydroxylation sites is 1. The third kappa shape index (κ3) is 4.41. The van der Waals surface area contributed by atoms with Crippen molar-refractivity contribution in [3.05, 3.63) is 78.0 Å². The first-order valence-corrected chi connectivity index (χ1v) is 8.81. The minimum atomic E-state index is 0.648. The molecule has 0 aliphatic heterocycles. The van der Waals surface area contributed by atoms with Crippen molar-refractivity contribution in [2.75, 3.05) is 13.7 Å². The lowest BCUT2D eigenvalue weighted by Crippen LogP contribution is -2.14.